The molecule has 1 aromatic heterocycles. The molecule has 0 bridgehead atoms. The van der Waals surface area contributed by atoms with Crippen molar-refractivity contribution < 1.29 is 8.42 Å². The zero-order valence-corrected chi connectivity index (χ0v) is 12.1. The number of nitrogens with one attached hydrogen (secondary N) is 1. The lowest BCUT2D eigenvalue weighted by Gasteiger charge is -2.13. The van der Waals surface area contributed by atoms with E-state index in [0.717, 1.165) is 0 Å². The summed E-state index contributed by atoms with van der Waals surface area (Å²) in [5.74, 6) is 0.426. The van der Waals surface area contributed by atoms with Gasteiger partial charge in [-0.3, -0.25) is 4.72 Å². The average molecular weight is 300 g/mol. The fraction of sp³-hybridized carbons (Fsp3) is 0.250. The van der Waals surface area contributed by atoms with E-state index < -0.39 is 10.0 Å². The van der Waals surface area contributed by atoms with Gasteiger partial charge in [-0.1, -0.05) is 17.7 Å². The number of hydrogen-bond acceptors (Lipinski definition) is 3. The highest BCUT2D eigenvalue weighted by Gasteiger charge is 2.17. The zero-order chi connectivity index (χ0) is 14.0. The van der Waals surface area contributed by atoms with Crippen LogP contribution in [0.4, 0.5) is 5.82 Å². The third kappa shape index (κ3) is 3.08. The molecule has 0 atom stereocenters. The van der Waals surface area contributed by atoms with Crippen molar-refractivity contribution in [2.45, 2.75) is 24.8 Å². The smallest absolute Gasteiger partial charge is 0.263 e. The van der Waals surface area contributed by atoms with E-state index in [1.54, 1.807) is 29.1 Å². The second-order valence-corrected chi connectivity index (χ2v) is 6.44. The molecule has 0 aliphatic heterocycles. The van der Waals surface area contributed by atoms with Crippen molar-refractivity contribution in [3.63, 3.8) is 0 Å². The molecule has 0 spiro atoms. The third-order valence-electron chi connectivity index (χ3n) is 2.50. The topological polar surface area (TPSA) is 64.0 Å². The van der Waals surface area contributed by atoms with Crippen LogP contribution in [0.2, 0.25) is 5.02 Å². The van der Waals surface area contributed by atoms with E-state index in [0.29, 0.717) is 10.8 Å². The van der Waals surface area contributed by atoms with Crippen LogP contribution in [0.25, 0.3) is 0 Å². The highest BCUT2D eigenvalue weighted by Crippen LogP contribution is 2.20. The van der Waals surface area contributed by atoms with Crippen LogP contribution in [-0.4, -0.2) is 18.2 Å². The minimum Gasteiger partial charge on any atom is -0.264 e. The van der Waals surface area contributed by atoms with E-state index in [1.165, 1.54) is 12.1 Å². The number of benzene rings is 1. The van der Waals surface area contributed by atoms with Crippen molar-refractivity contribution in [1.82, 2.24) is 9.78 Å². The molecule has 0 radical (unpaired) electrons. The minimum absolute atomic E-state index is 0.0621. The predicted molar refractivity (Wildman–Crippen MR) is 74.9 cm³/mol. The third-order valence-corrected chi connectivity index (χ3v) is 4.09. The van der Waals surface area contributed by atoms with Gasteiger partial charge in [-0.25, -0.2) is 13.1 Å². The Hall–Kier alpha value is -1.53. The van der Waals surface area contributed by atoms with Gasteiger partial charge in [0.2, 0.25) is 0 Å². The van der Waals surface area contributed by atoms with Gasteiger partial charge in [0.25, 0.3) is 10.0 Å². The van der Waals surface area contributed by atoms with Gasteiger partial charge < -0.3 is 0 Å². The Bertz CT molecular complexity index is 680. The Morgan fingerprint density at radius 1 is 1.32 bits per heavy atom. The minimum atomic E-state index is -3.66. The van der Waals surface area contributed by atoms with Crippen molar-refractivity contribution in [2.24, 2.45) is 0 Å². The van der Waals surface area contributed by atoms with E-state index in [9.17, 15) is 8.42 Å². The highest BCUT2D eigenvalue weighted by atomic mass is 35.5. The summed E-state index contributed by atoms with van der Waals surface area (Å²) in [5.41, 5.74) is 0. The molecule has 0 fully saturated rings. The Labute approximate surface area is 117 Å². The Kier molecular flexibility index (Phi) is 3.82. The Morgan fingerprint density at radius 2 is 2.05 bits per heavy atom. The van der Waals surface area contributed by atoms with E-state index >= 15 is 0 Å². The first-order valence-corrected chi connectivity index (χ1v) is 7.58. The molecular weight excluding hydrogens is 286 g/mol. The summed E-state index contributed by atoms with van der Waals surface area (Å²) in [5, 5.41) is 4.45. The van der Waals surface area contributed by atoms with Crippen LogP contribution in [0, 0.1) is 0 Å². The molecule has 102 valence electrons. The molecule has 0 unspecified atom stereocenters. The van der Waals surface area contributed by atoms with Crippen molar-refractivity contribution in [3.05, 3.63) is 41.6 Å². The zero-order valence-electron chi connectivity index (χ0n) is 10.5. The molecule has 0 amide bonds. The number of sulfonamides is 1. The van der Waals surface area contributed by atoms with Gasteiger partial charge in [0.15, 0.2) is 0 Å². The quantitative estimate of drug-likeness (QED) is 0.944. The lowest BCUT2D eigenvalue weighted by atomic mass is 10.4. The number of hydrogen-bond donors (Lipinski definition) is 1. The maximum absolute atomic E-state index is 12.2. The number of aromatic nitrogens is 2. The second-order valence-electron chi connectivity index (χ2n) is 4.32. The largest absolute Gasteiger partial charge is 0.264 e. The Morgan fingerprint density at radius 3 is 2.68 bits per heavy atom. The van der Waals surface area contributed by atoms with Gasteiger partial charge in [-0.05, 0) is 32.0 Å². The summed E-state index contributed by atoms with van der Waals surface area (Å²) in [7, 11) is -3.66. The molecule has 2 rings (SSSR count). The van der Waals surface area contributed by atoms with Gasteiger partial charge in [-0.15, -0.1) is 0 Å². The number of anilines is 1. The van der Waals surface area contributed by atoms with Crippen LogP contribution in [0.15, 0.2) is 41.4 Å². The summed E-state index contributed by atoms with van der Waals surface area (Å²) in [6, 6.07) is 7.79. The van der Waals surface area contributed by atoms with E-state index in [2.05, 4.69) is 9.82 Å². The first kappa shape index (κ1) is 13.9. The summed E-state index contributed by atoms with van der Waals surface area (Å²) in [6.07, 6.45) is 1.55. The average Bonchev–Trinajstić information content (AvgIpc) is 2.76. The first-order chi connectivity index (χ1) is 8.90. The molecule has 1 N–H and O–H groups in total. The molecule has 5 nitrogen and oxygen atoms in total. The monoisotopic (exact) mass is 299 g/mol. The fourth-order valence-electron chi connectivity index (χ4n) is 1.64. The van der Waals surface area contributed by atoms with Gasteiger partial charge in [0, 0.05) is 17.1 Å². The molecule has 1 heterocycles. The van der Waals surface area contributed by atoms with Crippen LogP contribution in [0.1, 0.15) is 19.9 Å². The van der Waals surface area contributed by atoms with Crippen molar-refractivity contribution >= 4 is 27.4 Å². The van der Waals surface area contributed by atoms with Gasteiger partial charge in [-0.2, -0.15) is 5.10 Å². The van der Waals surface area contributed by atoms with Crippen LogP contribution < -0.4 is 4.72 Å². The fourth-order valence-corrected chi connectivity index (χ4v) is 2.99. The molecule has 0 saturated heterocycles. The molecule has 7 heteroatoms. The summed E-state index contributed by atoms with van der Waals surface area (Å²) >= 11 is 5.80. The van der Waals surface area contributed by atoms with E-state index in [4.69, 9.17) is 11.6 Å². The van der Waals surface area contributed by atoms with Gasteiger partial charge >= 0.3 is 0 Å². The number of nitrogens with zero attached hydrogens (tertiary/aromatic N) is 2. The van der Waals surface area contributed by atoms with Crippen LogP contribution >= 0.6 is 11.6 Å². The van der Waals surface area contributed by atoms with E-state index in [-0.39, 0.29) is 10.9 Å². The highest BCUT2D eigenvalue weighted by molar-refractivity contribution is 7.92. The molecular formula is C12H14ClN3O2S. The van der Waals surface area contributed by atoms with Crippen LogP contribution in [0.5, 0.6) is 0 Å². The maximum Gasteiger partial charge on any atom is 0.263 e. The van der Waals surface area contributed by atoms with Crippen LogP contribution in [-0.2, 0) is 10.0 Å². The van der Waals surface area contributed by atoms with Gasteiger partial charge in [0.05, 0.1) is 11.1 Å². The van der Waals surface area contributed by atoms with E-state index in [1.807, 2.05) is 13.8 Å². The predicted octanol–water partition coefficient (Wildman–Crippen LogP) is 2.92. The number of halogens is 1. The molecule has 0 aliphatic carbocycles. The lowest BCUT2D eigenvalue weighted by molar-refractivity contribution is 0.539. The molecule has 1 aromatic carbocycles. The summed E-state index contributed by atoms with van der Waals surface area (Å²) in [6.45, 7) is 3.84. The maximum atomic E-state index is 12.2. The molecule has 2 aromatic rings. The van der Waals surface area contributed by atoms with Crippen LogP contribution in [0.3, 0.4) is 0 Å². The standard InChI is InChI=1S/C12H14ClN3O2S/c1-9(2)16-12(6-7-14-16)15-19(17,18)11-5-3-4-10(13)8-11/h3-9,15H,1-2H3. The molecule has 19 heavy (non-hydrogen) atoms. The SMILES string of the molecule is CC(C)n1nccc1NS(=O)(=O)c1cccc(Cl)c1. The number of rotatable bonds is 4. The second kappa shape index (κ2) is 5.22. The van der Waals surface area contributed by atoms with Crippen molar-refractivity contribution in [1.29, 1.82) is 0 Å². The first-order valence-electron chi connectivity index (χ1n) is 5.72. The van der Waals surface area contributed by atoms with Crippen molar-refractivity contribution in [3.8, 4) is 0 Å². The normalized spacial score (nSPS) is 11.8. The van der Waals surface area contributed by atoms with Crippen molar-refractivity contribution in [2.75, 3.05) is 4.72 Å². The summed E-state index contributed by atoms with van der Waals surface area (Å²) in [4.78, 5) is 0.122. The molecule has 0 aliphatic rings. The lowest BCUT2D eigenvalue weighted by Crippen LogP contribution is -2.17. The summed E-state index contributed by atoms with van der Waals surface area (Å²) < 4.78 is 28.5. The molecule has 0 saturated carbocycles. The Balaban J connectivity index is 2.34. The van der Waals surface area contributed by atoms with Gasteiger partial charge in [0.1, 0.15) is 5.82 Å².